The van der Waals surface area contributed by atoms with Crippen LogP contribution in [0.2, 0.25) is 5.02 Å². The lowest BCUT2D eigenvalue weighted by Crippen LogP contribution is -2.56. The molecule has 2 amide bonds. The van der Waals surface area contributed by atoms with E-state index < -0.39 is 31.3 Å². The Morgan fingerprint density at radius 3 is 2.45 bits per heavy atom. The van der Waals surface area contributed by atoms with Gasteiger partial charge in [-0.1, -0.05) is 11.6 Å². The molecule has 3 aliphatic rings. The molecule has 42 heavy (non-hydrogen) atoms. The number of piperidine rings is 1. The Morgan fingerprint density at radius 2 is 1.74 bits per heavy atom. The van der Waals surface area contributed by atoms with Gasteiger partial charge in [0, 0.05) is 61.6 Å². The molecule has 15 heteroatoms. The van der Waals surface area contributed by atoms with Crippen LogP contribution in [0.25, 0.3) is 10.1 Å². The average Bonchev–Trinajstić information content (AvgIpc) is 3.58. The second-order valence-corrected chi connectivity index (χ2v) is 17.5. The van der Waals surface area contributed by atoms with E-state index in [4.69, 9.17) is 11.6 Å². The van der Waals surface area contributed by atoms with Crippen LogP contribution in [0.3, 0.4) is 0 Å². The summed E-state index contributed by atoms with van der Waals surface area (Å²) < 4.78 is 56.3. The van der Waals surface area contributed by atoms with Crippen molar-refractivity contribution < 1.29 is 26.4 Å². The van der Waals surface area contributed by atoms with Gasteiger partial charge in [-0.3, -0.25) is 14.5 Å². The molecule has 11 nitrogen and oxygen atoms in total. The number of nitrogens with zero attached hydrogens (tertiary/aromatic N) is 4. The van der Waals surface area contributed by atoms with Crippen LogP contribution >= 0.6 is 22.9 Å². The molecule has 1 aromatic carbocycles. The van der Waals surface area contributed by atoms with Gasteiger partial charge in [0.05, 0.1) is 11.8 Å². The fourth-order valence-electron chi connectivity index (χ4n) is 5.94. The zero-order chi connectivity index (χ0) is 30.2. The number of hydrogen-bond donors (Lipinski definition) is 1. The first kappa shape index (κ1) is 31.6. The molecule has 232 valence electrons. The van der Waals surface area contributed by atoms with Crippen molar-refractivity contribution in [2.75, 3.05) is 52.4 Å². The van der Waals surface area contributed by atoms with E-state index in [1.54, 1.807) is 42.4 Å². The van der Waals surface area contributed by atoms with Gasteiger partial charge in [0.15, 0.2) is 0 Å². The van der Waals surface area contributed by atoms with Crippen molar-refractivity contribution in [3.63, 3.8) is 0 Å². The zero-order valence-corrected chi connectivity index (χ0v) is 27.1. The van der Waals surface area contributed by atoms with E-state index in [0.717, 1.165) is 34.3 Å². The molecular weight excluding hydrogens is 622 g/mol. The summed E-state index contributed by atoms with van der Waals surface area (Å²) in [5.74, 6) is -0.530. The highest BCUT2D eigenvalue weighted by Crippen LogP contribution is 2.31. The Kier molecular flexibility index (Phi) is 9.53. The van der Waals surface area contributed by atoms with E-state index in [2.05, 4.69) is 9.62 Å². The minimum Gasteiger partial charge on any atom is -0.337 e. The molecule has 5 rings (SSSR count). The Morgan fingerprint density at radius 1 is 1.02 bits per heavy atom. The normalized spacial score (nSPS) is 23.4. The first-order valence-electron chi connectivity index (χ1n) is 14.4. The number of sulfonamides is 2. The molecule has 0 bridgehead atoms. The average molecular weight is 660 g/mol. The second kappa shape index (κ2) is 12.7. The van der Waals surface area contributed by atoms with Crippen LogP contribution in [-0.4, -0.2) is 117 Å². The maximum Gasteiger partial charge on any atom is 0.250 e. The number of hydrogen-bond acceptors (Lipinski definition) is 8. The highest BCUT2D eigenvalue weighted by atomic mass is 35.5. The van der Waals surface area contributed by atoms with Gasteiger partial charge in [0.1, 0.15) is 10.3 Å². The largest absolute Gasteiger partial charge is 0.337 e. The van der Waals surface area contributed by atoms with Crippen LogP contribution in [-0.2, 0) is 29.6 Å². The third-order valence-corrected chi connectivity index (χ3v) is 13.9. The monoisotopic (exact) mass is 659 g/mol. The van der Waals surface area contributed by atoms with Gasteiger partial charge < -0.3 is 9.80 Å². The van der Waals surface area contributed by atoms with Gasteiger partial charge in [-0.15, -0.1) is 11.3 Å². The van der Waals surface area contributed by atoms with E-state index >= 15 is 0 Å². The number of rotatable bonds is 9. The van der Waals surface area contributed by atoms with Gasteiger partial charge in [-0.25, -0.2) is 16.8 Å². The highest BCUT2D eigenvalue weighted by molar-refractivity contribution is 7.91. The number of carbonyl (C=O) groups is 2. The number of halogens is 1. The molecule has 3 saturated heterocycles. The lowest BCUT2D eigenvalue weighted by Gasteiger charge is -2.38. The van der Waals surface area contributed by atoms with Crippen LogP contribution in [0, 0.1) is 0 Å². The predicted octanol–water partition coefficient (Wildman–Crippen LogP) is 2.17. The van der Waals surface area contributed by atoms with E-state index in [1.165, 1.54) is 4.90 Å². The van der Waals surface area contributed by atoms with Gasteiger partial charge in [-0.05, 0) is 69.2 Å². The number of piperazine rings is 1. The number of nitrogens with one attached hydrogen (secondary N) is 1. The molecule has 2 atom stereocenters. The summed E-state index contributed by atoms with van der Waals surface area (Å²) in [4.78, 5) is 32.2. The van der Waals surface area contributed by atoms with Crippen molar-refractivity contribution >= 4 is 64.9 Å². The summed E-state index contributed by atoms with van der Waals surface area (Å²) in [7, 11) is -7.22. The molecule has 1 N–H and O–H groups in total. The number of benzene rings is 1. The van der Waals surface area contributed by atoms with E-state index in [9.17, 15) is 26.4 Å². The van der Waals surface area contributed by atoms with Crippen molar-refractivity contribution in [1.29, 1.82) is 0 Å². The molecule has 0 saturated carbocycles. The summed E-state index contributed by atoms with van der Waals surface area (Å²) in [5, 5.41) is 0.785. The Balaban J connectivity index is 1.16. The van der Waals surface area contributed by atoms with Crippen LogP contribution in [0.4, 0.5) is 0 Å². The minimum atomic E-state index is -3.94. The van der Waals surface area contributed by atoms with Crippen LogP contribution in [0.15, 0.2) is 28.5 Å². The maximum absolute atomic E-state index is 13.4. The van der Waals surface area contributed by atoms with Crippen molar-refractivity contribution in [3.05, 3.63) is 29.3 Å². The number of thiophene rings is 1. The van der Waals surface area contributed by atoms with Crippen LogP contribution < -0.4 is 4.72 Å². The summed E-state index contributed by atoms with van der Waals surface area (Å²) in [6.45, 7) is 7.08. The number of carbonyl (C=O) groups excluding carboxylic acids is 2. The van der Waals surface area contributed by atoms with E-state index in [-0.39, 0.29) is 28.6 Å². The molecule has 0 radical (unpaired) electrons. The molecule has 3 fully saturated rings. The van der Waals surface area contributed by atoms with Crippen molar-refractivity contribution in [2.24, 2.45) is 0 Å². The predicted molar refractivity (Wildman–Crippen MR) is 164 cm³/mol. The van der Waals surface area contributed by atoms with Crippen molar-refractivity contribution in [2.45, 2.75) is 61.1 Å². The minimum absolute atomic E-state index is 0.00131. The maximum atomic E-state index is 13.4. The molecule has 4 heterocycles. The molecule has 3 aliphatic heterocycles. The van der Waals surface area contributed by atoms with Crippen LogP contribution in [0.5, 0.6) is 0 Å². The summed E-state index contributed by atoms with van der Waals surface area (Å²) >= 11 is 7.16. The molecule has 1 aromatic heterocycles. The van der Waals surface area contributed by atoms with Crippen LogP contribution in [0.1, 0.15) is 39.5 Å². The SMILES string of the molecule is CC(C)S(=O)(=O)N1CCN(C[C@@H]2CCCN2C(=O)CN2CCC[C@H](NS(=O)(=O)c3cc4cc(Cl)ccc4s3)C2=O)CC1. The number of likely N-dealkylation sites (tertiary alicyclic amines) is 2. The molecule has 0 unspecified atom stereocenters. The van der Waals surface area contributed by atoms with Gasteiger partial charge in [0.2, 0.25) is 21.8 Å². The molecular formula is C27H38ClN5O6S3. The topological polar surface area (TPSA) is 127 Å². The smallest absolute Gasteiger partial charge is 0.250 e. The van der Waals surface area contributed by atoms with Gasteiger partial charge in [-0.2, -0.15) is 9.03 Å². The quantitative estimate of drug-likeness (QED) is 0.437. The number of amides is 2. The standard InChI is InChI=1S/C27H38ClN5O6S3/c1-19(2)42(38,39)32-13-11-30(12-14-32)17-22-5-3-10-33(22)25(34)18-31-9-4-6-23(27(31)35)29-41(36,37)26-16-20-15-21(28)7-8-24(20)40-26/h7-8,15-16,19,22-23,29H,3-6,9-14,17-18H2,1-2H3/t22-,23-/m0/s1. The Bertz CT molecular complexity index is 1540. The van der Waals surface area contributed by atoms with Gasteiger partial charge in [0.25, 0.3) is 10.0 Å². The summed E-state index contributed by atoms with van der Waals surface area (Å²) in [5.41, 5.74) is 0. The molecule has 0 aliphatic carbocycles. The highest BCUT2D eigenvalue weighted by Gasteiger charge is 2.37. The lowest BCUT2D eigenvalue weighted by atomic mass is 10.1. The second-order valence-electron chi connectivity index (χ2n) is 11.5. The molecule has 2 aromatic rings. The first-order chi connectivity index (χ1) is 19.8. The number of fused-ring (bicyclic) bond motifs is 1. The fourth-order valence-corrected chi connectivity index (χ4v) is 10.0. The van der Waals surface area contributed by atoms with Crippen molar-refractivity contribution in [1.82, 2.24) is 23.7 Å². The van der Waals surface area contributed by atoms with E-state index in [1.807, 2.05) is 4.90 Å². The lowest BCUT2D eigenvalue weighted by molar-refractivity contribution is -0.143. The molecule has 0 spiro atoms. The zero-order valence-electron chi connectivity index (χ0n) is 23.9. The fraction of sp³-hybridized carbons (Fsp3) is 0.630. The van der Waals surface area contributed by atoms with Gasteiger partial charge >= 0.3 is 0 Å². The Hall–Kier alpha value is -1.81. The third-order valence-electron chi connectivity index (χ3n) is 8.33. The first-order valence-corrected chi connectivity index (χ1v) is 18.5. The summed E-state index contributed by atoms with van der Waals surface area (Å²) in [6, 6.07) is 5.80. The Labute approximate surface area is 256 Å². The summed E-state index contributed by atoms with van der Waals surface area (Å²) in [6.07, 6.45) is 2.67. The van der Waals surface area contributed by atoms with E-state index in [0.29, 0.717) is 63.7 Å². The third kappa shape index (κ3) is 6.79. The van der Waals surface area contributed by atoms with Crippen molar-refractivity contribution in [3.8, 4) is 0 Å².